The van der Waals surface area contributed by atoms with Gasteiger partial charge in [-0.05, 0) is 18.1 Å². The summed E-state index contributed by atoms with van der Waals surface area (Å²) in [6, 6.07) is 1.94. The van der Waals surface area contributed by atoms with Crippen molar-refractivity contribution in [2.75, 3.05) is 0 Å². The Labute approximate surface area is 93.4 Å². The number of aromatic amines is 1. The van der Waals surface area contributed by atoms with Crippen LogP contribution in [0.4, 0.5) is 8.78 Å². The number of hydrogen-bond acceptors (Lipinski definition) is 4. The average molecular weight is 236 g/mol. The summed E-state index contributed by atoms with van der Waals surface area (Å²) >= 11 is 0. The van der Waals surface area contributed by atoms with Gasteiger partial charge in [-0.25, -0.2) is 18.4 Å². The molecule has 3 rings (SSSR count). The zero-order chi connectivity index (χ0) is 12.0. The Morgan fingerprint density at radius 2 is 2.06 bits per heavy atom. The molecule has 0 bridgehead atoms. The Balaban J connectivity index is 2.27. The van der Waals surface area contributed by atoms with Crippen molar-refractivity contribution in [1.82, 2.24) is 20.3 Å². The van der Waals surface area contributed by atoms with Gasteiger partial charge in [0.15, 0.2) is 17.3 Å². The molecule has 0 aliphatic carbocycles. The minimum atomic E-state index is -0.725. The highest BCUT2D eigenvalue weighted by molar-refractivity contribution is 5.79. The molecular formula is C10H6F2N4O. The number of nitrogens with zero attached hydrogens (tertiary/aromatic N) is 3. The van der Waals surface area contributed by atoms with E-state index in [2.05, 4.69) is 24.9 Å². The monoisotopic (exact) mass is 236 g/mol. The summed E-state index contributed by atoms with van der Waals surface area (Å²) in [5.41, 5.74) is 1.22. The van der Waals surface area contributed by atoms with Crippen LogP contribution in [-0.4, -0.2) is 20.3 Å². The minimum absolute atomic E-state index is 0.0591. The summed E-state index contributed by atoms with van der Waals surface area (Å²) in [6.45, 7) is 1.68. The van der Waals surface area contributed by atoms with Crippen LogP contribution < -0.4 is 0 Å². The van der Waals surface area contributed by atoms with Crippen LogP contribution >= 0.6 is 0 Å². The van der Waals surface area contributed by atoms with E-state index in [-0.39, 0.29) is 11.0 Å². The molecule has 0 aliphatic rings. The molecule has 86 valence electrons. The van der Waals surface area contributed by atoms with Crippen LogP contribution in [0.25, 0.3) is 22.6 Å². The van der Waals surface area contributed by atoms with Crippen molar-refractivity contribution >= 4 is 11.0 Å². The third-order valence-electron chi connectivity index (χ3n) is 2.38. The lowest BCUT2D eigenvalue weighted by Gasteiger charge is -1.90. The summed E-state index contributed by atoms with van der Waals surface area (Å²) in [6.07, 6.45) is 0. The van der Waals surface area contributed by atoms with Crippen molar-refractivity contribution in [3.63, 3.8) is 0 Å². The van der Waals surface area contributed by atoms with Crippen molar-refractivity contribution in [2.45, 2.75) is 6.92 Å². The zero-order valence-corrected chi connectivity index (χ0v) is 8.66. The number of H-pyrrole nitrogens is 1. The summed E-state index contributed by atoms with van der Waals surface area (Å²) < 4.78 is 30.9. The van der Waals surface area contributed by atoms with Crippen molar-refractivity contribution in [3.05, 3.63) is 29.5 Å². The van der Waals surface area contributed by atoms with Gasteiger partial charge in [-0.15, -0.1) is 0 Å². The fourth-order valence-corrected chi connectivity index (χ4v) is 1.60. The predicted octanol–water partition coefficient (Wildman–Crippen LogP) is 2.20. The first-order chi connectivity index (χ1) is 8.15. The number of benzene rings is 1. The summed E-state index contributed by atoms with van der Waals surface area (Å²) in [5.74, 6) is -1.10. The standard InChI is InChI=1S/C10H6F2N4O/c1-4-8(16-17-15-4)10-13-7-3-5(11)2-6(12)9(7)14-10/h2-3H,1H3,(H,13,14). The van der Waals surface area contributed by atoms with Crippen molar-refractivity contribution in [3.8, 4) is 11.5 Å². The number of hydrogen-bond donors (Lipinski definition) is 1. The molecule has 0 fully saturated rings. The summed E-state index contributed by atoms with van der Waals surface area (Å²) in [4.78, 5) is 6.76. The molecule has 0 unspecified atom stereocenters. The molecule has 0 amide bonds. The van der Waals surface area contributed by atoms with E-state index in [0.717, 1.165) is 12.1 Å². The van der Waals surface area contributed by atoms with Gasteiger partial charge in [0.1, 0.15) is 17.0 Å². The summed E-state index contributed by atoms with van der Waals surface area (Å²) in [5, 5.41) is 7.23. The minimum Gasteiger partial charge on any atom is -0.336 e. The Bertz CT molecular complexity index is 703. The van der Waals surface area contributed by atoms with E-state index in [0.29, 0.717) is 17.2 Å². The van der Waals surface area contributed by atoms with Gasteiger partial charge in [0, 0.05) is 6.07 Å². The highest BCUT2D eigenvalue weighted by atomic mass is 19.1. The van der Waals surface area contributed by atoms with Gasteiger partial charge in [-0.2, -0.15) is 0 Å². The van der Waals surface area contributed by atoms with Gasteiger partial charge >= 0.3 is 0 Å². The van der Waals surface area contributed by atoms with E-state index >= 15 is 0 Å². The molecule has 0 saturated heterocycles. The normalized spacial score (nSPS) is 11.2. The lowest BCUT2D eigenvalue weighted by atomic mass is 10.3. The van der Waals surface area contributed by atoms with Crippen LogP contribution in [0, 0.1) is 18.6 Å². The topological polar surface area (TPSA) is 67.6 Å². The van der Waals surface area contributed by atoms with Crippen LogP contribution in [0.15, 0.2) is 16.8 Å². The first kappa shape index (κ1) is 9.88. The summed E-state index contributed by atoms with van der Waals surface area (Å²) in [7, 11) is 0. The maximum atomic E-state index is 13.4. The van der Waals surface area contributed by atoms with Gasteiger partial charge < -0.3 is 4.98 Å². The number of aryl methyl sites for hydroxylation is 1. The van der Waals surface area contributed by atoms with E-state index in [4.69, 9.17) is 0 Å². The molecule has 1 N–H and O–H groups in total. The maximum Gasteiger partial charge on any atom is 0.173 e. The first-order valence-corrected chi connectivity index (χ1v) is 4.79. The molecule has 1 aromatic carbocycles. The van der Waals surface area contributed by atoms with Crippen LogP contribution in [-0.2, 0) is 0 Å². The Morgan fingerprint density at radius 1 is 1.24 bits per heavy atom. The van der Waals surface area contributed by atoms with E-state index in [9.17, 15) is 8.78 Å². The lowest BCUT2D eigenvalue weighted by Crippen LogP contribution is -1.83. The molecule has 0 spiro atoms. The molecule has 0 radical (unpaired) electrons. The number of fused-ring (bicyclic) bond motifs is 1. The molecule has 2 heterocycles. The number of rotatable bonds is 1. The second kappa shape index (κ2) is 3.34. The second-order valence-electron chi connectivity index (χ2n) is 3.57. The predicted molar refractivity (Wildman–Crippen MR) is 54.0 cm³/mol. The average Bonchev–Trinajstić information content (AvgIpc) is 2.83. The lowest BCUT2D eigenvalue weighted by molar-refractivity contribution is 0.305. The van der Waals surface area contributed by atoms with E-state index in [1.165, 1.54) is 0 Å². The molecule has 0 saturated carbocycles. The number of nitrogens with one attached hydrogen (secondary N) is 1. The Hall–Kier alpha value is -2.31. The third kappa shape index (κ3) is 1.47. The van der Waals surface area contributed by atoms with Gasteiger partial charge in [0.25, 0.3) is 0 Å². The largest absolute Gasteiger partial charge is 0.336 e. The molecule has 0 aliphatic heterocycles. The fraction of sp³-hybridized carbons (Fsp3) is 0.100. The van der Waals surface area contributed by atoms with E-state index in [1.54, 1.807) is 6.92 Å². The van der Waals surface area contributed by atoms with Crippen LogP contribution in [0.2, 0.25) is 0 Å². The number of halogens is 2. The highest BCUT2D eigenvalue weighted by Crippen LogP contribution is 2.23. The first-order valence-electron chi connectivity index (χ1n) is 4.79. The van der Waals surface area contributed by atoms with Gasteiger partial charge in [-0.1, -0.05) is 5.16 Å². The van der Waals surface area contributed by atoms with Crippen LogP contribution in [0.5, 0.6) is 0 Å². The van der Waals surface area contributed by atoms with E-state index in [1.807, 2.05) is 0 Å². The molecule has 2 aromatic heterocycles. The Morgan fingerprint density at radius 3 is 2.76 bits per heavy atom. The van der Waals surface area contributed by atoms with Gasteiger partial charge in [0.2, 0.25) is 0 Å². The number of imidazole rings is 1. The van der Waals surface area contributed by atoms with Crippen molar-refractivity contribution < 1.29 is 13.4 Å². The van der Waals surface area contributed by atoms with Gasteiger partial charge in [0.05, 0.1) is 5.52 Å². The SMILES string of the molecule is Cc1nonc1-c1nc2c(F)cc(F)cc2[nH]1. The molecule has 3 aromatic rings. The van der Waals surface area contributed by atoms with Crippen molar-refractivity contribution in [2.24, 2.45) is 0 Å². The molecule has 17 heavy (non-hydrogen) atoms. The molecule has 0 atom stereocenters. The molecule has 7 heteroatoms. The fourth-order valence-electron chi connectivity index (χ4n) is 1.60. The molecule has 5 nitrogen and oxygen atoms in total. The third-order valence-corrected chi connectivity index (χ3v) is 2.38. The van der Waals surface area contributed by atoms with Crippen LogP contribution in [0.1, 0.15) is 5.69 Å². The quantitative estimate of drug-likeness (QED) is 0.703. The zero-order valence-electron chi connectivity index (χ0n) is 8.66. The van der Waals surface area contributed by atoms with Crippen LogP contribution in [0.3, 0.4) is 0 Å². The Kier molecular flexibility index (Phi) is 1.94. The second-order valence-corrected chi connectivity index (χ2v) is 3.57. The van der Waals surface area contributed by atoms with E-state index < -0.39 is 11.6 Å². The van der Waals surface area contributed by atoms with Crippen molar-refractivity contribution in [1.29, 1.82) is 0 Å². The number of aromatic nitrogens is 4. The smallest absolute Gasteiger partial charge is 0.173 e. The van der Waals surface area contributed by atoms with Gasteiger partial charge in [-0.3, -0.25) is 0 Å². The highest BCUT2D eigenvalue weighted by Gasteiger charge is 2.15. The maximum absolute atomic E-state index is 13.4. The molecular weight excluding hydrogens is 230 g/mol.